The summed E-state index contributed by atoms with van der Waals surface area (Å²) in [5.41, 5.74) is 1.79. The number of carbonyl (C=O) groups excluding carboxylic acids is 1. The van der Waals surface area contributed by atoms with Gasteiger partial charge in [0.25, 0.3) is 5.91 Å². The van der Waals surface area contributed by atoms with Crippen molar-refractivity contribution >= 4 is 29.0 Å². The molecule has 0 atom stereocenters. The molecular weight excluding hydrogens is 343 g/mol. The van der Waals surface area contributed by atoms with Crippen LogP contribution in [0.15, 0.2) is 60.9 Å². The Kier molecular flexibility index (Phi) is 5.20. The van der Waals surface area contributed by atoms with Crippen LogP contribution >= 0.6 is 11.6 Å². The van der Waals surface area contributed by atoms with E-state index in [9.17, 15) is 9.18 Å². The topological polar surface area (TPSA) is 66.9 Å². The fourth-order valence-electron chi connectivity index (χ4n) is 2.14. The second-order valence-corrected chi connectivity index (χ2v) is 5.59. The van der Waals surface area contributed by atoms with Gasteiger partial charge in [0.15, 0.2) is 0 Å². The van der Waals surface area contributed by atoms with Gasteiger partial charge in [-0.05, 0) is 42.5 Å². The highest BCUT2D eigenvalue weighted by molar-refractivity contribution is 6.31. The first-order chi connectivity index (χ1) is 12.1. The molecule has 0 radical (unpaired) electrons. The summed E-state index contributed by atoms with van der Waals surface area (Å²) in [5.74, 6) is -0.288. The van der Waals surface area contributed by atoms with Crippen LogP contribution in [0.4, 0.5) is 15.9 Å². The molecule has 5 nitrogen and oxygen atoms in total. The van der Waals surface area contributed by atoms with E-state index in [-0.39, 0.29) is 10.9 Å². The van der Waals surface area contributed by atoms with Gasteiger partial charge in [-0.2, -0.15) is 0 Å². The van der Waals surface area contributed by atoms with Crippen molar-refractivity contribution in [3.8, 4) is 0 Å². The SMILES string of the molecule is O=C(NCc1ccccn1)c1ccnc(Nc2ccc(F)c(Cl)c2)c1. The maximum atomic E-state index is 13.2. The number of hydrogen-bond donors (Lipinski definition) is 2. The molecule has 3 aromatic rings. The van der Waals surface area contributed by atoms with E-state index in [4.69, 9.17) is 11.6 Å². The van der Waals surface area contributed by atoms with E-state index in [1.807, 2.05) is 18.2 Å². The summed E-state index contributed by atoms with van der Waals surface area (Å²) in [6.07, 6.45) is 3.19. The first-order valence-electron chi connectivity index (χ1n) is 7.48. The van der Waals surface area contributed by atoms with Crippen LogP contribution in [-0.2, 0) is 6.54 Å². The summed E-state index contributed by atoms with van der Waals surface area (Å²) in [4.78, 5) is 20.6. The molecule has 0 bridgehead atoms. The number of benzene rings is 1. The predicted octanol–water partition coefficient (Wildman–Crippen LogP) is 3.94. The molecule has 0 aliphatic rings. The third-order valence-corrected chi connectivity index (χ3v) is 3.66. The molecule has 7 heteroatoms. The van der Waals surface area contributed by atoms with Crippen molar-refractivity contribution in [1.29, 1.82) is 0 Å². The van der Waals surface area contributed by atoms with Gasteiger partial charge in [0.1, 0.15) is 11.6 Å². The van der Waals surface area contributed by atoms with E-state index in [1.54, 1.807) is 18.3 Å². The number of rotatable bonds is 5. The molecule has 126 valence electrons. The van der Waals surface area contributed by atoms with Crippen molar-refractivity contribution < 1.29 is 9.18 Å². The highest BCUT2D eigenvalue weighted by Gasteiger charge is 2.08. The summed E-state index contributed by atoms with van der Waals surface area (Å²) >= 11 is 5.76. The van der Waals surface area contributed by atoms with Crippen molar-refractivity contribution in [3.05, 3.63) is 83.0 Å². The molecule has 0 unspecified atom stereocenters. The number of pyridine rings is 2. The van der Waals surface area contributed by atoms with E-state index in [1.165, 1.54) is 24.4 Å². The molecule has 2 heterocycles. The van der Waals surface area contributed by atoms with Crippen LogP contribution in [0.3, 0.4) is 0 Å². The van der Waals surface area contributed by atoms with E-state index in [0.29, 0.717) is 23.6 Å². The van der Waals surface area contributed by atoms with Gasteiger partial charge in [-0.25, -0.2) is 9.37 Å². The fourth-order valence-corrected chi connectivity index (χ4v) is 2.32. The largest absolute Gasteiger partial charge is 0.346 e. The van der Waals surface area contributed by atoms with Crippen molar-refractivity contribution in [2.24, 2.45) is 0 Å². The number of nitrogens with zero attached hydrogens (tertiary/aromatic N) is 2. The molecule has 2 aromatic heterocycles. The number of hydrogen-bond acceptors (Lipinski definition) is 4. The van der Waals surface area contributed by atoms with Crippen LogP contribution in [0.25, 0.3) is 0 Å². The first kappa shape index (κ1) is 16.9. The Morgan fingerprint density at radius 1 is 1.08 bits per heavy atom. The molecule has 3 rings (SSSR count). The van der Waals surface area contributed by atoms with Gasteiger partial charge in [0, 0.05) is 23.6 Å². The van der Waals surface area contributed by atoms with E-state index in [0.717, 1.165) is 5.69 Å². The summed E-state index contributed by atoms with van der Waals surface area (Å²) < 4.78 is 13.2. The zero-order valence-electron chi connectivity index (χ0n) is 13.0. The lowest BCUT2D eigenvalue weighted by atomic mass is 10.2. The average Bonchev–Trinajstić information content (AvgIpc) is 2.64. The molecule has 2 N–H and O–H groups in total. The molecule has 1 aromatic carbocycles. The Balaban J connectivity index is 1.68. The third kappa shape index (κ3) is 4.51. The van der Waals surface area contributed by atoms with Crippen molar-refractivity contribution in [2.45, 2.75) is 6.54 Å². The second-order valence-electron chi connectivity index (χ2n) is 5.19. The molecule has 1 amide bonds. The van der Waals surface area contributed by atoms with Gasteiger partial charge in [0.05, 0.1) is 17.3 Å². The predicted molar refractivity (Wildman–Crippen MR) is 94.3 cm³/mol. The Hall–Kier alpha value is -2.99. The monoisotopic (exact) mass is 356 g/mol. The molecule has 0 saturated heterocycles. The smallest absolute Gasteiger partial charge is 0.251 e. The second kappa shape index (κ2) is 7.72. The number of amides is 1. The Morgan fingerprint density at radius 3 is 2.72 bits per heavy atom. The van der Waals surface area contributed by atoms with E-state index < -0.39 is 5.82 Å². The quantitative estimate of drug-likeness (QED) is 0.726. The highest BCUT2D eigenvalue weighted by atomic mass is 35.5. The van der Waals surface area contributed by atoms with E-state index >= 15 is 0 Å². The van der Waals surface area contributed by atoms with Gasteiger partial charge in [-0.3, -0.25) is 9.78 Å². The zero-order chi connectivity index (χ0) is 17.6. The molecule has 0 fully saturated rings. The molecule has 0 aliphatic carbocycles. The number of anilines is 2. The minimum atomic E-state index is -0.497. The lowest BCUT2D eigenvalue weighted by molar-refractivity contribution is 0.0950. The molecule has 0 spiro atoms. The van der Waals surface area contributed by atoms with Crippen LogP contribution in [-0.4, -0.2) is 15.9 Å². The highest BCUT2D eigenvalue weighted by Crippen LogP contribution is 2.22. The Labute approximate surface area is 148 Å². The lowest BCUT2D eigenvalue weighted by Crippen LogP contribution is -2.23. The average molecular weight is 357 g/mol. The van der Waals surface area contributed by atoms with Gasteiger partial charge in [-0.1, -0.05) is 17.7 Å². The van der Waals surface area contributed by atoms with Gasteiger partial charge >= 0.3 is 0 Å². The number of nitrogens with one attached hydrogen (secondary N) is 2. The molecule has 0 aliphatic heterocycles. The molecular formula is C18H14ClFN4O. The van der Waals surface area contributed by atoms with Crippen molar-refractivity contribution in [3.63, 3.8) is 0 Å². The van der Waals surface area contributed by atoms with Crippen molar-refractivity contribution in [2.75, 3.05) is 5.32 Å². The maximum Gasteiger partial charge on any atom is 0.251 e. The van der Waals surface area contributed by atoms with E-state index in [2.05, 4.69) is 20.6 Å². The number of aromatic nitrogens is 2. The molecule has 0 saturated carbocycles. The first-order valence-corrected chi connectivity index (χ1v) is 7.86. The van der Waals surface area contributed by atoms with Crippen LogP contribution < -0.4 is 10.6 Å². The fraction of sp³-hybridized carbons (Fsp3) is 0.0556. The lowest BCUT2D eigenvalue weighted by Gasteiger charge is -2.09. The standard InChI is InChI=1S/C18H14ClFN4O/c19-15-10-13(4-5-16(15)20)24-17-9-12(6-8-22-17)18(25)23-11-14-3-1-2-7-21-14/h1-10H,11H2,(H,22,24)(H,23,25). The summed E-state index contributed by atoms with van der Waals surface area (Å²) in [6, 6.07) is 13.0. The third-order valence-electron chi connectivity index (χ3n) is 3.37. The summed E-state index contributed by atoms with van der Waals surface area (Å²) in [5, 5.41) is 5.79. The minimum Gasteiger partial charge on any atom is -0.346 e. The zero-order valence-corrected chi connectivity index (χ0v) is 13.8. The molecule has 25 heavy (non-hydrogen) atoms. The van der Waals surface area contributed by atoms with Crippen LogP contribution in [0, 0.1) is 5.82 Å². The van der Waals surface area contributed by atoms with Gasteiger partial charge in [0.2, 0.25) is 0 Å². The summed E-state index contributed by atoms with van der Waals surface area (Å²) in [7, 11) is 0. The van der Waals surface area contributed by atoms with Crippen LogP contribution in [0.2, 0.25) is 5.02 Å². The van der Waals surface area contributed by atoms with Gasteiger partial charge in [-0.15, -0.1) is 0 Å². The van der Waals surface area contributed by atoms with Crippen molar-refractivity contribution in [1.82, 2.24) is 15.3 Å². The Bertz CT molecular complexity index is 889. The van der Waals surface area contributed by atoms with Gasteiger partial charge < -0.3 is 10.6 Å². The maximum absolute atomic E-state index is 13.2. The van der Waals surface area contributed by atoms with Crippen LogP contribution in [0.5, 0.6) is 0 Å². The number of halogens is 2. The minimum absolute atomic E-state index is 0.00857. The summed E-state index contributed by atoms with van der Waals surface area (Å²) in [6.45, 7) is 0.332. The normalized spacial score (nSPS) is 10.3. The van der Waals surface area contributed by atoms with Crippen LogP contribution in [0.1, 0.15) is 16.1 Å². The Morgan fingerprint density at radius 2 is 1.96 bits per heavy atom. The number of carbonyl (C=O) groups is 1.